The molecule has 0 fully saturated rings. The summed E-state index contributed by atoms with van der Waals surface area (Å²) >= 11 is 5.84. The summed E-state index contributed by atoms with van der Waals surface area (Å²) in [4.78, 5) is 23.1. The van der Waals surface area contributed by atoms with E-state index in [4.69, 9.17) is 25.5 Å². The second-order valence-corrected chi connectivity index (χ2v) is 7.23. The molecule has 1 amide bonds. The molecule has 1 heterocycles. The zero-order chi connectivity index (χ0) is 23.4. The highest BCUT2D eigenvalue weighted by Gasteiger charge is 2.17. The number of benzene rings is 3. The number of rotatable bonds is 7. The number of carbonyl (C=O) groups is 1. The number of hydrogen-bond acceptors (Lipinski definition) is 6. The molecule has 0 bridgehead atoms. The molecule has 0 aliphatic rings. The van der Waals surface area contributed by atoms with Crippen molar-refractivity contribution in [3.8, 4) is 28.6 Å². The number of para-hydroxylation sites is 2. The van der Waals surface area contributed by atoms with Gasteiger partial charge in [0.15, 0.2) is 17.3 Å². The van der Waals surface area contributed by atoms with Gasteiger partial charge in [-0.3, -0.25) is 14.9 Å². The fourth-order valence-corrected chi connectivity index (χ4v) is 3.24. The third-order valence-electron chi connectivity index (χ3n) is 4.67. The Labute approximate surface area is 193 Å². The van der Waals surface area contributed by atoms with E-state index in [1.165, 1.54) is 18.2 Å². The predicted molar refractivity (Wildman–Crippen MR) is 123 cm³/mol. The van der Waals surface area contributed by atoms with Gasteiger partial charge in [0.1, 0.15) is 16.5 Å². The topological polar surface area (TPSA) is 104 Å². The molecule has 33 heavy (non-hydrogen) atoms. The quantitative estimate of drug-likeness (QED) is 0.245. The van der Waals surface area contributed by atoms with E-state index < -0.39 is 10.8 Å². The van der Waals surface area contributed by atoms with Crippen LogP contribution in [0.15, 0.2) is 83.3 Å². The molecule has 0 aliphatic heterocycles. The molecule has 1 N–H and O–H groups in total. The molecule has 0 atom stereocenters. The number of nitrogens with zero attached hydrogens (tertiary/aromatic N) is 1. The number of amides is 1. The highest BCUT2D eigenvalue weighted by Crippen LogP contribution is 2.32. The lowest BCUT2D eigenvalue weighted by molar-refractivity contribution is -0.384. The fraction of sp³-hybridized carbons (Fsp3) is 0.0417. The average Bonchev–Trinajstić information content (AvgIpc) is 3.31. The summed E-state index contributed by atoms with van der Waals surface area (Å²) in [6.45, 7) is 0. The number of carbonyl (C=O) groups excluding carboxylic acids is 1. The van der Waals surface area contributed by atoms with Gasteiger partial charge in [-0.25, -0.2) is 0 Å². The summed E-state index contributed by atoms with van der Waals surface area (Å²) in [6.07, 6.45) is 0. The Kier molecular flexibility index (Phi) is 6.28. The van der Waals surface area contributed by atoms with E-state index in [1.54, 1.807) is 55.6 Å². The number of nitrogens with one attached hydrogen (secondary N) is 1. The highest BCUT2D eigenvalue weighted by atomic mass is 35.5. The Balaban J connectivity index is 1.44. The van der Waals surface area contributed by atoms with Crippen LogP contribution in [-0.4, -0.2) is 17.9 Å². The largest absolute Gasteiger partial charge is 0.493 e. The molecule has 1 aromatic heterocycles. The van der Waals surface area contributed by atoms with Gasteiger partial charge >= 0.3 is 0 Å². The molecule has 0 radical (unpaired) electrons. The second-order valence-electron chi connectivity index (χ2n) is 6.82. The Hall–Kier alpha value is -4.30. The zero-order valence-corrected chi connectivity index (χ0v) is 18.0. The summed E-state index contributed by atoms with van der Waals surface area (Å²) in [6, 6.07) is 21.4. The first-order valence-corrected chi connectivity index (χ1v) is 10.1. The van der Waals surface area contributed by atoms with Crippen molar-refractivity contribution in [3.05, 3.63) is 99.8 Å². The number of nitro groups is 1. The van der Waals surface area contributed by atoms with Crippen LogP contribution in [0.4, 0.5) is 11.4 Å². The minimum atomic E-state index is -0.580. The predicted octanol–water partition coefficient (Wildman–Crippen LogP) is 6.56. The van der Waals surface area contributed by atoms with E-state index in [9.17, 15) is 14.9 Å². The first kappa shape index (κ1) is 21.9. The molecule has 0 aliphatic carbocycles. The van der Waals surface area contributed by atoms with Crippen molar-refractivity contribution in [1.82, 2.24) is 0 Å². The van der Waals surface area contributed by atoms with Crippen LogP contribution in [0.2, 0.25) is 5.02 Å². The van der Waals surface area contributed by atoms with Gasteiger partial charge in [0.25, 0.3) is 11.6 Å². The fourth-order valence-electron chi connectivity index (χ4n) is 3.05. The van der Waals surface area contributed by atoms with Crippen molar-refractivity contribution in [2.24, 2.45) is 0 Å². The van der Waals surface area contributed by atoms with Crippen LogP contribution >= 0.6 is 11.6 Å². The molecule has 166 valence electrons. The summed E-state index contributed by atoms with van der Waals surface area (Å²) in [5, 5.41) is 13.8. The molecule has 0 unspecified atom stereocenters. The zero-order valence-electron chi connectivity index (χ0n) is 17.3. The van der Waals surface area contributed by atoms with Crippen molar-refractivity contribution >= 4 is 28.9 Å². The van der Waals surface area contributed by atoms with Crippen molar-refractivity contribution in [2.75, 3.05) is 12.4 Å². The highest BCUT2D eigenvalue weighted by molar-refractivity contribution is 6.32. The van der Waals surface area contributed by atoms with Crippen molar-refractivity contribution < 1.29 is 23.6 Å². The van der Waals surface area contributed by atoms with Gasteiger partial charge < -0.3 is 19.2 Å². The van der Waals surface area contributed by atoms with Crippen molar-refractivity contribution in [2.45, 2.75) is 0 Å². The van der Waals surface area contributed by atoms with E-state index in [-0.39, 0.29) is 16.5 Å². The molecular weight excluding hydrogens is 448 g/mol. The Morgan fingerprint density at radius 2 is 1.73 bits per heavy atom. The monoisotopic (exact) mass is 464 g/mol. The van der Waals surface area contributed by atoms with E-state index in [1.807, 2.05) is 12.1 Å². The normalized spacial score (nSPS) is 10.5. The standard InChI is InChI=1S/C24H17ClN2O6/c1-31-21-4-2-3-5-22(21)32-17-9-7-16(8-10-17)26-24(28)23-13-12-20(33-23)15-6-11-18(25)19(14-15)27(29)30/h2-14H,1H3,(H,26,28). The summed E-state index contributed by atoms with van der Waals surface area (Å²) in [5.41, 5.74) is 0.724. The molecule has 4 rings (SSSR count). The molecule has 3 aromatic carbocycles. The first-order chi connectivity index (χ1) is 15.9. The molecule has 0 saturated carbocycles. The third kappa shape index (κ3) is 4.97. The number of nitro benzene ring substituents is 1. The maximum Gasteiger partial charge on any atom is 0.291 e. The van der Waals surface area contributed by atoms with Gasteiger partial charge in [0.05, 0.1) is 12.0 Å². The van der Waals surface area contributed by atoms with Crippen LogP contribution in [0.1, 0.15) is 10.6 Å². The lowest BCUT2D eigenvalue weighted by atomic mass is 10.1. The summed E-state index contributed by atoms with van der Waals surface area (Å²) in [5.74, 6) is 1.64. The van der Waals surface area contributed by atoms with Crippen molar-refractivity contribution in [1.29, 1.82) is 0 Å². The average molecular weight is 465 g/mol. The lowest BCUT2D eigenvalue weighted by Gasteiger charge is -2.10. The number of hydrogen-bond donors (Lipinski definition) is 1. The van der Waals surface area contributed by atoms with Crippen LogP contribution in [0, 0.1) is 10.1 Å². The van der Waals surface area contributed by atoms with Gasteiger partial charge in [-0.15, -0.1) is 0 Å². The maximum absolute atomic E-state index is 12.6. The number of furan rings is 1. The van der Waals surface area contributed by atoms with Crippen LogP contribution in [-0.2, 0) is 0 Å². The minimum absolute atomic E-state index is 0.0198. The smallest absolute Gasteiger partial charge is 0.291 e. The molecule has 4 aromatic rings. The Morgan fingerprint density at radius 3 is 2.42 bits per heavy atom. The first-order valence-electron chi connectivity index (χ1n) is 9.71. The van der Waals surface area contributed by atoms with Crippen LogP contribution in [0.3, 0.4) is 0 Å². The molecule has 0 saturated heterocycles. The van der Waals surface area contributed by atoms with Gasteiger partial charge in [-0.1, -0.05) is 23.7 Å². The lowest BCUT2D eigenvalue weighted by Crippen LogP contribution is -2.10. The van der Waals surface area contributed by atoms with Gasteiger partial charge in [-0.2, -0.15) is 0 Å². The number of halogens is 1. The van der Waals surface area contributed by atoms with E-state index in [2.05, 4.69) is 5.32 Å². The Bertz CT molecular complexity index is 1320. The number of ether oxygens (including phenoxy) is 2. The van der Waals surface area contributed by atoms with Crippen LogP contribution in [0.25, 0.3) is 11.3 Å². The van der Waals surface area contributed by atoms with Gasteiger partial charge in [0, 0.05) is 17.3 Å². The number of methoxy groups -OCH3 is 1. The summed E-state index contributed by atoms with van der Waals surface area (Å²) < 4.78 is 16.7. The second kappa shape index (κ2) is 9.46. The van der Waals surface area contributed by atoms with Crippen LogP contribution in [0.5, 0.6) is 17.2 Å². The Morgan fingerprint density at radius 1 is 1.00 bits per heavy atom. The molecule has 8 nitrogen and oxygen atoms in total. The van der Waals surface area contributed by atoms with Crippen LogP contribution < -0.4 is 14.8 Å². The third-order valence-corrected chi connectivity index (χ3v) is 4.99. The molecule has 0 spiro atoms. The van der Waals surface area contributed by atoms with E-state index >= 15 is 0 Å². The molecule has 9 heteroatoms. The van der Waals surface area contributed by atoms with Gasteiger partial charge in [0.2, 0.25) is 0 Å². The SMILES string of the molecule is COc1ccccc1Oc1ccc(NC(=O)c2ccc(-c3ccc(Cl)c([N+](=O)[O-])c3)o2)cc1. The maximum atomic E-state index is 12.6. The van der Waals surface area contributed by atoms with Gasteiger partial charge in [-0.05, 0) is 60.7 Å². The molecular formula is C24H17ClN2O6. The summed E-state index contributed by atoms with van der Waals surface area (Å²) in [7, 11) is 1.56. The minimum Gasteiger partial charge on any atom is -0.493 e. The van der Waals surface area contributed by atoms with E-state index in [0.717, 1.165) is 0 Å². The van der Waals surface area contributed by atoms with E-state index in [0.29, 0.717) is 34.3 Å². The number of anilines is 1. The van der Waals surface area contributed by atoms with Crippen molar-refractivity contribution in [3.63, 3.8) is 0 Å².